The molecule has 0 aliphatic heterocycles. The van der Waals surface area contributed by atoms with Crippen molar-refractivity contribution >= 4 is 11.6 Å². The van der Waals surface area contributed by atoms with Gasteiger partial charge in [0.25, 0.3) is 5.91 Å². The molecule has 156 valence electrons. The summed E-state index contributed by atoms with van der Waals surface area (Å²) in [4.78, 5) is 23.9. The number of nitrogens with zero attached hydrogens (tertiary/aromatic N) is 2. The van der Waals surface area contributed by atoms with Gasteiger partial charge >= 0.3 is 5.76 Å². The molecule has 0 saturated carbocycles. The molecule has 0 unspecified atom stereocenters. The Hall–Kier alpha value is -4.07. The van der Waals surface area contributed by atoms with Crippen LogP contribution in [0.2, 0.25) is 0 Å². The number of carbonyl (C=O) groups excluding carboxylic acids is 1. The van der Waals surface area contributed by atoms with Gasteiger partial charge in [-0.2, -0.15) is 4.68 Å². The van der Waals surface area contributed by atoms with E-state index in [0.29, 0.717) is 11.3 Å². The minimum absolute atomic E-state index is 0.225. The highest BCUT2D eigenvalue weighted by Gasteiger charge is 2.17. The Morgan fingerprint density at radius 3 is 2.19 bits per heavy atom. The van der Waals surface area contributed by atoms with Crippen molar-refractivity contribution in [3.05, 3.63) is 94.0 Å². The smallest absolute Gasteiger partial charge is 0.388 e. The third-order valence-electron chi connectivity index (χ3n) is 4.90. The van der Waals surface area contributed by atoms with E-state index in [2.05, 4.69) is 10.4 Å². The van der Waals surface area contributed by atoms with Crippen molar-refractivity contribution in [2.75, 3.05) is 5.32 Å². The van der Waals surface area contributed by atoms with Crippen LogP contribution in [0.3, 0.4) is 0 Å². The van der Waals surface area contributed by atoms with Gasteiger partial charge in [-0.05, 0) is 53.9 Å². The second-order valence-electron chi connectivity index (χ2n) is 6.90. The molecule has 4 rings (SSSR count). The van der Waals surface area contributed by atoms with Crippen LogP contribution in [-0.2, 0) is 7.05 Å². The molecule has 8 heteroatoms. The SMILES string of the molecule is Cc1c(-c2ccc(NC(=O)c3c(F)cccc3F)cc2)cccc1-c1nn(C)c(=O)o1. The molecule has 0 bridgehead atoms. The highest BCUT2D eigenvalue weighted by Crippen LogP contribution is 2.31. The largest absolute Gasteiger partial charge is 0.437 e. The van der Waals surface area contributed by atoms with Gasteiger partial charge in [0.2, 0.25) is 5.89 Å². The monoisotopic (exact) mass is 421 g/mol. The standard InChI is InChI=1S/C23H17F2N3O3/c1-13-16(5-3-6-17(13)22-27-28(2)23(30)31-22)14-9-11-15(12-10-14)26-21(29)20-18(24)7-4-8-19(20)25/h3-12H,1-2H3,(H,26,29). The van der Waals surface area contributed by atoms with E-state index in [9.17, 15) is 18.4 Å². The fourth-order valence-electron chi connectivity index (χ4n) is 3.28. The number of anilines is 1. The molecule has 1 N–H and O–H groups in total. The minimum atomic E-state index is -0.928. The lowest BCUT2D eigenvalue weighted by molar-refractivity contribution is 0.101. The molecule has 1 amide bonds. The average Bonchev–Trinajstić information content (AvgIpc) is 3.07. The quantitative estimate of drug-likeness (QED) is 0.525. The predicted octanol–water partition coefficient (Wildman–Crippen LogP) is 4.55. The van der Waals surface area contributed by atoms with Gasteiger partial charge in [0.1, 0.15) is 17.2 Å². The lowest BCUT2D eigenvalue weighted by Crippen LogP contribution is -2.15. The number of amides is 1. The van der Waals surface area contributed by atoms with Gasteiger partial charge in [0.15, 0.2) is 0 Å². The average molecular weight is 421 g/mol. The number of aryl methyl sites for hydroxylation is 1. The first-order valence-corrected chi connectivity index (χ1v) is 9.35. The molecule has 0 radical (unpaired) electrons. The summed E-state index contributed by atoms with van der Waals surface area (Å²) in [6.45, 7) is 1.88. The molecule has 0 aliphatic carbocycles. The van der Waals surface area contributed by atoms with Gasteiger partial charge in [-0.3, -0.25) is 4.79 Å². The molecular formula is C23H17F2N3O3. The summed E-state index contributed by atoms with van der Waals surface area (Å²) >= 11 is 0. The summed E-state index contributed by atoms with van der Waals surface area (Å²) in [7, 11) is 1.51. The summed E-state index contributed by atoms with van der Waals surface area (Å²) in [6.07, 6.45) is 0. The van der Waals surface area contributed by atoms with Crippen LogP contribution in [0.5, 0.6) is 0 Å². The lowest BCUT2D eigenvalue weighted by Gasteiger charge is -2.11. The van der Waals surface area contributed by atoms with E-state index in [1.165, 1.54) is 13.1 Å². The van der Waals surface area contributed by atoms with E-state index in [4.69, 9.17) is 4.42 Å². The third kappa shape index (κ3) is 3.87. The van der Waals surface area contributed by atoms with E-state index in [0.717, 1.165) is 33.5 Å². The summed E-state index contributed by atoms with van der Waals surface area (Å²) in [6, 6.07) is 15.6. The molecule has 3 aromatic carbocycles. The van der Waals surface area contributed by atoms with Crippen LogP contribution in [0.4, 0.5) is 14.5 Å². The molecule has 0 spiro atoms. The molecule has 0 atom stereocenters. The first-order chi connectivity index (χ1) is 14.8. The molecule has 0 fully saturated rings. The normalized spacial score (nSPS) is 10.8. The molecule has 6 nitrogen and oxygen atoms in total. The maximum Gasteiger partial charge on any atom is 0.437 e. The zero-order valence-corrected chi connectivity index (χ0v) is 16.6. The van der Waals surface area contributed by atoms with Gasteiger partial charge in [0.05, 0.1) is 0 Å². The Bertz CT molecular complexity index is 1320. The Balaban J connectivity index is 1.61. The fraction of sp³-hybridized carbons (Fsp3) is 0.0870. The van der Waals surface area contributed by atoms with E-state index in [-0.39, 0.29) is 5.89 Å². The molecule has 4 aromatic rings. The Labute approximate surface area is 175 Å². The summed E-state index contributed by atoms with van der Waals surface area (Å²) in [5, 5.41) is 6.59. The maximum absolute atomic E-state index is 13.8. The van der Waals surface area contributed by atoms with Crippen molar-refractivity contribution < 1.29 is 18.0 Å². The topological polar surface area (TPSA) is 77.1 Å². The number of aromatic nitrogens is 2. The Morgan fingerprint density at radius 1 is 0.968 bits per heavy atom. The van der Waals surface area contributed by atoms with Crippen LogP contribution in [-0.4, -0.2) is 15.7 Å². The van der Waals surface area contributed by atoms with Crippen molar-refractivity contribution in [1.82, 2.24) is 9.78 Å². The van der Waals surface area contributed by atoms with Crippen molar-refractivity contribution in [3.8, 4) is 22.6 Å². The number of halogens is 2. The number of hydrogen-bond acceptors (Lipinski definition) is 4. The van der Waals surface area contributed by atoms with E-state index in [1.54, 1.807) is 24.3 Å². The minimum Gasteiger partial charge on any atom is -0.388 e. The molecule has 1 aromatic heterocycles. The van der Waals surface area contributed by atoms with Crippen molar-refractivity contribution in [3.63, 3.8) is 0 Å². The van der Waals surface area contributed by atoms with Gasteiger partial charge in [-0.15, -0.1) is 5.10 Å². The van der Waals surface area contributed by atoms with Gasteiger partial charge in [-0.25, -0.2) is 13.6 Å². The number of hydrogen-bond donors (Lipinski definition) is 1. The Morgan fingerprint density at radius 2 is 1.58 bits per heavy atom. The van der Waals surface area contributed by atoms with Gasteiger partial charge in [0, 0.05) is 18.3 Å². The van der Waals surface area contributed by atoms with Crippen molar-refractivity contribution in [2.24, 2.45) is 7.05 Å². The first kappa shape index (κ1) is 20.2. The predicted molar refractivity (Wildman–Crippen MR) is 112 cm³/mol. The van der Waals surface area contributed by atoms with Gasteiger partial charge in [-0.1, -0.05) is 30.3 Å². The maximum atomic E-state index is 13.8. The highest BCUT2D eigenvalue weighted by molar-refractivity contribution is 6.04. The number of benzene rings is 3. The third-order valence-corrected chi connectivity index (χ3v) is 4.90. The second kappa shape index (κ2) is 7.98. The molecular weight excluding hydrogens is 404 g/mol. The van der Waals surface area contributed by atoms with Gasteiger partial charge < -0.3 is 9.73 Å². The van der Waals surface area contributed by atoms with E-state index < -0.39 is 28.9 Å². The van der Waals surface area contributed by atoms with E-state index in [1.807, 2.05) is 25.1 Å². The van der Waals surface area contributed by atoms with Crippen LogP contribution in [0.1, 0.15) is 15.9 Å². The molecule has 31 heavy (non-hydrogen) atoms. The van der Waals surface area contributed by atoms with E-state index >= 15 is 0 Å². The Kier molecular flexibility index (Phi) is 5.21. The second-order valence-corrected chi connectivity index (χ2v) is 6.90. The van der Waals surface area contributed by atoms with Crippen LogP contribution in [0, 0.1) is 18.6 Å². The summed E-state index contributed by atoms with van der Waals surface area (Å²) in [5.74, 6) is -3.05. The van der Waals surface area contributed by atoms with Crippen molar-refractivity contribution in [1.29, 1.82) is 0 Å². The van der Waals surface area contributed by atoms with Crippen LogP contribution in [0.25, 0.3) is 22.6 Å². The molecule has 0 saturated heterocycles. The fourth-order valence-corrected chi connectivity index (χ4v) is 3.28. The first-order valence-electron chi connectivity index (χ1n) is 9.35. The summed E-state index contributed by atoms with van der Waals surface area (Å²) < 4.78 is 33.9. The zero-order valence-electron chi connectivity index (χ0n) is 16.6. The highest BCUT2D eigenvalue weighted by atomic mass is 19.1. The lowest BCUT2D eigenvalue weighted by atomic mass is 9.96. The number of nitrogens with one attached hydrogen (secondary N) is 1. The molecule has 1 heterocycles. The number of rotatable bonds is 4. The van der Waals surface area contributed by atoms with Crippen LogP contribution < -0.4 is 11.1 Å². The summed E-state index contributed by atoms with van der Waals surface area (Å²) in [5.41, 5.74) is 3.02. The molecule has 0 aliphatic rings. The van der Waals surface area contributed by atoms with Crippen molar-refractivity contribution in [2.45, 2.75) is 6.92 Å². The zero-order chi connectivity index (χ0) is 22.1. The van der Waals surface area contributed by atoms with Crippen LogP contribution in [0.15, 0.2) is 69.9 Å². The number of carbonyl (C=O) groups is 1. The van der Waals surface area contributed by atoms with Crippen LogP contribution >= 0.6 is 0 Å².